The molecule has 0 spiro atoms. The Balaban J connectivity index is 1.64. The lowest BCUT2D eigenvalue weighted by Gasteiger charge is -2.33. The maximum Gasteiger partial charge on any atom is 0.251 e. The second-order valence-corrected chi connectivity index (χ2v) is 8.29. The largest absolute Gasteiger partial charge is 0.339 e. The van der Waals surface area contributed by atoms with Gasteiger partial charge in [0.25, 0.3) is 5.91 Å². The maximum absolute atomic E-state index is 13.4. The molecule has 1 aromatic heterocycles. The van der Waals surface area contributed by atoms with Crippen LogP contribution in [0.15, 0.2) is 84.9 Å². The molecule has 1 aliphatic rings. The van der Waals surface area contributed by atoms with Crippen molar-refractivity contribution in [2.75, 3.05) is 5.32 Å². The van der Waals surface area contributed by atoms with E-state index in [4.69, 9.17) is 5.10 Å². The Labute approximate surface area is 192 Å². The average Bonchev–Trinajstić information content (AvgIpc) is 3.16. The summed E-state index contributed by atoms with van der Waals surface area (Å²) in [6.45, 7) is 3.96. The fourth-order valence-corrected chi connectivity index (χ4v) is 4.49. The average molecular weight is 437 g/mol. The fraction of sp³-hybridized carbons (Fsp3) is 0.148. The van der Waals surface area contributed by atoms with Gasteiger partial charge in [-0.1, -0.05) is 66.2 Å². The van der Waals surface area contributed by atoms with E-state index in [2.05, 4.69) is 16.7 Å². The van der Waals surface area contributed by atoms with Gasteiger partial charge in [-0.2, -0.15) is 5.10 Å². The lowest BCUT2D eigenvalue weighted by molar-refractivity contribution is -0.118. The minimum absolute atomic E-state index is 0.268. The minimum atomic E-state index is -0.779. The van der Waals surface area contributed by atoms with E-state index in [0.29, 0.717) is 11.4 Å². The van der Waals surface area contributed by atoms with E-state index in [1.807, 2.05) is 68.4 Å². The van der Waals surface area contributed by atoms with Crippen LogP contribution < -0.4 is 10.6 Å². The van der Waals surface area contributed by atoms with Gasteiger partial charge in [-0.3, -0.25) is 9.59 Å². The van der Waals surface area contributed by atoms with Gasteiger partial charge in [0.1, 0.15) is 11.9 Å². The molecule has 2 atom stereocenters. The highest BCUT2D eigenvalue weighted by atomic mass is 16.2. The van der Waals surface area contributed by atoms with E-state index in [1.54, 1.807) is 28.9 Å². The number of carbonyl (C=O) groups excluding carboxylic acids is 2. The third kappa shape index (κ3) is 3.80. The molecule has 4 aromatic rings. The van der Waals surface area contributed by atoms with Crippen LogP contribution in [0.5, 0.6) is 0 Å². The molecule has 1 aliphatic heterocycles. The van der Waals surface area contributed by atoms with Gasteiger partial charge >= 0.3 is 0 Å². The molecule has 33 heavy (non-hydrogen) atoms. The summed E-state index contributed by atoms with van der Waals surface area (Å²) in [4.78, 5) is 26.4. The van der Waals surface area contributed by atoms with Crippen LogP contribution in [-0.2, 0) is 4.79 Å². The topological polar surface area (TPSA) is 76.0 Å². The number of benzene rings is 3. The number of aromatic nitrogens is 2. The molecule has 164 valence electrons. The number of nitrogens with one attached hydrogen (secondary N) is 2. The first-order valence-electron chi connectivity index (χ1n) is 10.9. The summed E-state index contributed by atoms with van der Waals surface area (Å²) in [5.41, 5.74) is 5.12. The van der Waals surface area contributed by atoms with Gasteiger partial charge in [-0.25, -0.2) is 4.68 Å². The Morgan fingerprint density at radius 2 is 1.64 bits per heavy atom. The number of amides is 2. The van der Waals surface area contributed by atoms with Gasteiger partial charge in [0, 0.05) is 17.0 Å². The van der Waals surface area contributed by atoms with Crippen LogP contribution >= 0.6 is 0 Å². The molecule has 0 saturated heterocycles. The lowest BCUT2D eigenvalue weighted by Crippen LogP contribution is -2.50. The zero-order chi connectivity index (χ0) is 22.9. The Morgan fingerprint density at radius 3 is 2.33 bits per heavy atom. The Morgan fingerprint density at radius 1 is 0.939 bits per heavy atom. The molecule has 0 bridgehead atoms. The molecule has 5 rings (SSSR count). The highest BCUT2D eigenvalue weighted by Crippen LogP contribution is 2.40. The van der Waals surface area contributed by atoms with Crippen molar-refractivity contribution < 1.29 is 9.59 Å². The standard InChI is InChI=1S/C27H24N4O2/c1-17-10-9-13-20(16-17)23-22-18(2)30-31(21-14-7-4-8-15-21)25(22)29-27(33)24(23)28-26(32)19-11-5-3-6-12-19/h3-16,23-24H,1-2H3,(H,28,32)(H,29,33)/t23-,24+/m1/s1. The van der Waals surface area contributed by atoms with Crippen LogP contribution in [0.2, 0.25) is 0 Å². The van der Waals surface area contributed by atoms with Crippen molar-refractivity contribution >= 4 is 17.6 Å². The van der Waals surface area contributed by atoms with E-state index in [0.717, 1.165) is 28.1 Å². The van der Waals surface area contributed by atoms with E-state index in [-0.39, 0.29) is 17.7 Å². The summed E-state index contributed by atoms with van der Waals surface area (Å²) < 4.78 is 1.76. The smallest absolute Gasteiger partial charge is 0.251 e. The number of fused-ring (bicyclic) bond motifs is 1. The van der Waals surface area contributed by atoms with Gasteiger partial charge < -0.3 is 10.6 Å². The molecular formula is C27H24N4O2. The first-order chi connectivity index (χ1) is 16.0. The number of hydrogen-bond donors (Lipinski definition) is 2. The monoisotopic (exact) mass is 436 g/mol. The van der Waals surface area contributed by atoms with Crippen LogP contribution in [0.4, 0.5) is 5.82 Å². The quantitative estimate of drug-likeness (QED) is 0.499. The van der Waals surface area contributed by atoms with Crippen LogP contribution in [0, 0.1) is 13.8 Å². The van der Waals surface area contributed by atoms with Crippen molar-refractivity contribution in [1.82, 2.24) is 15.1 Å². The molecule has 0 saturated carbocycles. The number of anilines is 1. The molecular weight excluding hydrogens is 412 g/mol. The van der Waals surface area contributed by atoms with E-state index in [9.17, 15) is 9.59 Å². The molecule has 2 heterocycles. The van der Waals surface area contributed by atoms with Gasteiger partial charge in [0.05, 0.1) is 11.4 Å². The molecule has 0 aliphatic carbocycles. The summed E-state index contributed by atoms with van der Waals surface area (Å²) in [5.74, 6) is -0.292. The zero-order valence-corrected chi connectivity index (χ0v) is 18.4. The van der Waals surface area contributed by atoms with E-state index >= 15 is 0 Å². The SMILES string of the molecule is Cc1cccc([C@@H]2c3c(C)nn(-c4ccccc4)c3NC(=O)[C@H]2NC(=O)c2ccccc2)c1. The second kappa shape index (κ2) is 8.39. The molecule has 2 amide bonds. The predicted octanol–water partition coefficient (Wildman–Crippen LogP) is 4.37. The Kier molecular flexibility index (Phi) is 5.26. The number of rotatable bonds is 4. The minimum Gasteiger partial charge on any atom is -0.339 e. The third-order valence-corrected chi connectivity index (χ3v) is 6.00. The lowest BCUT2D eigenvalue weighted by atomic mass is 9.81. The summed E-state index contributed by atoms with van der Waals surface area (Å²) >= 11 is 0. The number of carbonyl (C=O) groups is 2. The molecule has 0 fully saturated rings. The van der Waals surface area contributed by atoms with Crippen LogP contribution in [0.3, 0.4) is 0 Å². The van der Waals surface area contributed by atoms with Gasteiger partial charge in [0.15, 0.2) is 0 Å². The molecule has 0 radical (unpaired) electrons. The zero-order valence-electron chi connectivity index (χ0n) is 18.4. The van der Waals surface area contributed by atoms with Crippen LogP contribution in [-0.4, -0.2) is 27.6 Å². The van der Waals surface area contributed by atoms with Gasteiger partial charge in [-0.15, -0.1) is 0 Å². The number of aryl methyl sites for hydroxylation is 2. The first kappa shape index (κ1) is 20.7. The Bertz CT molecular complexity index is 1330. The van der Waals surface area contributed by atoms with Crippen molar-refractivity contribution in [2.45, 2.75) is 25.8 Å². The van der Waals surface area contributed by atoms with Crippen molar-refractivity contribution in [3.05, 3.63) is 113 Å². The van der Waals surface area contributed by atoms with Crippen molar-refractivity contribution in [2.24, 2.45) is 0 Å². The molecule has 3 aromatic carbocycles. The van der Waals surface area contributed by atoms with E-state index in [1.165, 1.54) is 0 Å². The maximum atomic E-state index is 13.4. The molecule has 2 N–H and O–H groups in total. The number of nitrogens with zero attached hydrogens (tertiary/aromatic N) is 2. The second-order valence-electron chi connectivity index (χ2n) is 8.29. The predicted molar refractivity (Wildman–Crippen MR) is 128 cm³/mol. The molecule has 6 nitrogen and oxygen atoms in total. The highest BCUT2D eigenvalue weighted by Gasteiger charge is 2.41. The van der Waals surface area contributed by atoms with Crippen molar-refractivity contribution in [3.63, 3.8) is 0 Å². The molecule has 6 heteroatoms. The normalized spacial score (nSPS) is 17.2. The van der Waals surface area contributed by atoms with Crippen molar-refractivity contribution in [3.8, 4) is 5.69 Å². The summed E-state index contributed by atoms with van der Waals surface area (Å²) in [7, 11) is 0. The summed E-state index contributed by atoms with van der Waals surface area (Å²) in [6, 6.07) is 25.9. The highest BCUT2D eigenvalue weighted by molar-refractivity contribution is 6.04. The summed E-state index contributed by atoms with van der Waals surface area (Å²) in [6.07, 6.45) is 0. The van der Waals surface area contributed by atoms with Gasteiger partial charge in [0.2, 0.25) is 5.91 Å². The van der Waals surface area contributed by atoms with Crippen LogP contribution in [0.25, 0.3) is 5.69 Å². The number of para-hydroxylation sites is 1. The summed E-state index contributed by atoms with van der Waals surface area (Å²) in [5, 5.41) is 10.8. The first-order valence-corrected chi connectivity index (χ1v) is 10.9. The van der Waals surface area contributed by atoms with Crippen molar-refractivity contribution in [1.29, 1.82) is 0 Å². The van der Waals surface area contributed by atoms with Crippen LogP contribution in [0.1, 0.15) is 38.7 Å². The Hall–Kier alpha value is -4.19. The third-order valence-electron chi connectivity index (χ3n) is 6.00. The number of hydrogen-bond acceptors (Lipinski definition) is 3. The van der Waals surface area contributed by atoms with Gasteiger partial charge in [-0.05, 0) is 43.7 Å². The molecule has 0 unspecified atom stereocenters. The van der Waals surface area contributed by atoms with E-state index < -0.39 is 6.04 Å². The fourth-order valence-electron chi connectivity index (χ4n) is 4.49.